The first-order chi connectivity index (χ1) is 12.3. The van der Waals surface area contributed by atoms with Crippen LogP contribution in [0.15, 0.2) is 30.5 Å². The second kappa shape index (κ2) is 6.84. The summed E-state index contributed by atoms with van der Waals surface area (Å²) in [4.78, 5) is 11.5. The van der Waals surface area contributed by atoms with Crippen molar-refractivity contribution in [2.24, 2.45) is 7.05 Å². The maximum atomic E-state index is 11.5. The molecule has 0 saturated carbocycles. The molecular formula is C18H20ClN4O3+. The Balaban J connectivity index is 2.17. The predicted molar refractivity (Wildman–Crippen MR) is 95.4 cm³/mol. The van der Waals surface area contributed by atoms with Gasteiger partial charge in [0.25, 0.3) is 0 Å². The lowest BCUT2D eigenvalue weighted by Crippen LogP contribution is -2.37. The molecule has 0 aliphatic heterocycles. The topological polar surface area (TPSA) is 95.0 Å². The second-order valence-electron chi connectivity index (χ2n) is 6.26. The van der Waals surface area contributed by atoms with E-state index in [0.29, 0.717) is 27.8 Å². The number of aromatic amines is 1. The van der Waals surface area contributed by atoms with Crippen molar-refractivity contribution in [1.82, 2.24) is 14.9 Å². The summed E-state index contributed by atoms with van der Waals surface area (Å²) >= 11 is 5.96. The van der Waals surface area contributed by atoms with Crippen LogP contribution in [-0.2, 0) is 11.8 Å². The number of imidazole rings is 1. The Labute approximate surface area is 155 Å². The number of aliphatic carboxylic acids is 1. The number of aromatic nitrogens is 4. The van der Waals surface area contributed by atoms with Crippen LogP contribution in [0.5, 0.6) is 0 Å². The lowest BCUT2D eigenvalue weighted by atomic mass is 9.92. The molecule has 2 heterocycles. The van der Waals surface area contributed by atoms with E-state index in [4.69, 9.17) is 11.6 Å². The van der Waals surface area contributed by atoms with Crippen molar-refractivity contribution < 1.29 is 19.7 Å². The van der Waals surface area contributed by atoms with Crippen molar-refractivity contribution in [1.29, 1.82) is 0 Å². The third kappa shape index (κ3) is 3.06. The van der Waals surface area contributed by atoms with E-state index in [1.807, 2.05) is 23.6 Å². The number of halogens is 1. The molecule has 3 N–H and O–H groups in total. The third-order valence-corrected chi connectivity index (χ3v) is 5.02. The molecule has 26 heavy (non-hydrogen) atoms. The van der Waals surface area contributed by atoms with E-state index in [1.54, 1.807) is 32.3 Å². The summed E-state index contributed by atoms with van der Waals surface area (Å²) in [6, 6.07) is 7.20. The summed E-state index contributed by atoms with van der Waals surface area (Å²) in [6.45, 7) is 3.66. The molecule has 0 aliphatic rings. The fraction of sp³-hybridized carbons (Fsp3) is 0.278. The van der Waals surface area contributed by atoms with Crippen molar-refractivity contribution in [3.05, 3.63) is 58.3 Å². The minimum absolute atomic E-state index is 0.183. The summed E-state index contributed by atoms with van der Waals surface area (Å²) in [6.07, 6.45) is 1.42. The van der Waals surface area contributed by atoms with E-state index < -0.39 is 11.9 Å². The first-order valence-corrected chi connectivity index (χ1v) is 8.47. The van der Waals surface area contributed by atoms with E-state index in [1.165, 1.54) is 0 Å². The van der Waals surface area contributed by atoms with Gasteiger partial charge < -0.3 is 10.3 Å². The molecule has 3 aromatic rings. The van der Waals surface area contributed by atoms with Gasteiger partial charge >= 0.3 is 11.8 Å². The van der Waals surface area contributed by atoms with Gasteiger partial charge in [0.05, 0.1) is 25.4 Å². The highest BCUT2D eigenvalue weighted by molar-refractivity contribution is 6.30. The maximum absolute atomic E-state index is 11.5. The van der Waals surface area contributed by atoms with Gasteiger partial charge in [0.15, 0.2) is 5.69 Å². The number of H-pyrrole nitrogens is 1. The number of carboxylic acid groups (broad SMARTS) is 1. The average Bonchev–Trinajstić information content (AvgIpc) is 3.15. The minimum atomic E-state index is -0.963. The molecule has 0 bridgehead atoms. The summed E-state index contributed by atoms with van der Waals surface area (Å²) in [5.74, 6) is -1.06. The van der Waals surface area contributed by atoms with Crippen LogP contribution >= 0.6 is 11.6 Å². The van der Waals surface area contributed by atoms with E-state index in [-0.39, 0.29) is 6.42 Å². The van der Waals surface area contributed by atoms with Gasteiger partial charge in [-0.3, -0.25) is 9.89 Å². The standard InChI is InChI=1S/C18H19ClN4O3/c1-10-11(2)23(26)18(22(10)3)14(8-16(24)25)15-9-20-21-17(15)12-4-6-13(19)7-5-12/h4-7,9,14H,8H2,1-3H3,(H2-,20,21,24,25,26)/p+1/t14-/m1/s1. The molecule has 0 spiro atoms. The molecular weight excluding hydrogens is 356 g/mol. The smallest absolute Gasteiger partial charge is 0.304 e. The minimum Gasteiger partial charge on any atom is -0.481 e. The number of carboxylic acids is 1. The Kier molecular flexibility index (Phi) is 4.73. The van der Waals surface area contributed by atoms with Gasteiger partial charge in [-0.05, 0) is 22.4 Å². The predicted octanol–water partition coefficient (Wildman–Crippen LogP) is 2.82. The van der Waals surface area contributed by atoms with Crippen molar-refractivity contribution in [2.75, 3.05) is 0 Å². The number of carbonyl (C=O) groups is 1. The summed E-state index contributed by atoms with van der Waals surface area (Å²) < 4.78 is 2.86. The Morgan fingerprint density at radius 1 is 1.35 bits per heavy atom. The molecule has 0 radical (unpaired) electrons. The van der Waals surface area contributed by atoms with Crippen LogP contribution in [0, 0.1) is 13.8 Å². The summed E-state index contributed by atoms with van der Waals surface area (Å²) in [7, 11) is 1.81. The highest BCUT2D eigenvalue weighted by Crippen LogP contribution is 2.34. The lowest BCUT2D eigenvalue weighted by molar-refractivity contribution is -0.686. The summed E-state index contributed by atoms with van der Waals surface area (Å²) in [5, 5.41) is 27.6. The lowest BCUT2D eigenvalue weighted by Gasteiger charge is -2.12. The van der Waals surface area contributed by atoms with Gasteiger partial charge in [-0.1, -0.05) is 23.7 Å². The quantitative estimate of drug-likeness (QED) is 0.472. The first-order valence-electron chi connectivity index (χ1n) is 8.09. The van der Waals surface area contributed by atoms with Gasteiger partial charge in [0.2, 0.25) is 0 Å². The van der Waals surface area contributed by atoms with Gasteiger partial charge in [-0.2, -0.15) is 5.10 Å². The molecule has 0 unspecified atom stereocenters. The van der Waals surface area contributed by atoms with Gasteiger partial charge in [-0.15, -0.1) is 0 Å². The largest absolute Gasteiger partial charge is 0.481 e. The molecule has 0 saturated heterocycles. The molecule has 3 rings (SSSR count). The zero-order valence-electron chi connectivity index (χ0n) is 14.7. The Morgan fingerprint density at radius 3 is 2.54 bits per heavy atom. The van der Waals surface area contributed by atoms with Gasteiger partial charge in [0, 0.05) is 24.4 Å². The number of nitrogens with one attached hydrogen (secondary N) is 1. The Morgan fingerprint density at radius 2 is 2.00 bits per heavy atom. The van der Waals surface area contributed by atoms with E-state index in [2.05, 4.69) is 10.2 Å². The number of hydrogen-bond acceptors (Lipinski definition) is 3. The van der Waals surface area contributed by atoms with Crippen LogP contribution in [0.4, 0.5) is 0 Å². The molecule has 8 heteroatoms. The zero-order valence-corrected chi connectivity index (χ0v) is 15.4. The van der Waals surface area contributed by atoms with Gasteiger partial charge in [-0.25, -0.2) is 4.57 Å². The number of benzene rings is 1. The van der Waals surface area contributed by atoms with Crippen LogP contribution in [0.2, 0.25) is 5.02 Å². The van der Waals surface area contributed by atoms with E-state index in [0.717, 1.165) is 16.0 Å². The third-order valence-electron chi connectivity index (χ3n) is 4.77. The molecule has 7 nitrogen and oxygen atoms in total. The van der Waals surface area contributed by atoms with Gasteiger partial charge in [0.1, 0.15) is 11.6 Å². The monoisotopic (exact) mass is 375 g/mol. The SMILES string of the molecule is Cc1c(C)[n+](C)c([C@H](CC(=O)O)c2cn[nH]c2-c2ccc(Cl)cc2)n1O. The van der Waals surface area contributed by atoms with Crippen molar-refractivity contribution in [2.45, 2.75) is 26.2 Å². The molecule has 0 amide bonds. The van der Waals surface area contributed by atoms with Crippen LogP contribution in [-0.4, -0.2) is 31.2 Å². The zero-order chi connectivity index (χ0) is 19.0. The number of hydrogen-bond donors (Lipinski definition) is 3. The second-order valence-corrected chi connectivity index (χ2v) is 6.69. The molecule has 0 aliphatic carbocycles. The highest BCUT2D eigenvalue weighted by atomic mass is 35.5. The first kappa shape index (κ1) is 18.0. The van der Waals surface area contributed by atoms with E-state index in [9.17, 15) is 15.1 Å². The molecule has 1 atom stereocenters. The Hall–Kier alpha value is -2.80. The highest BCUT2D eigenvalue weighted by Gasteiger charge is 2.36. The maximum Gasteiger partial charge on any atom is 0.304 e. The molecule has 1 aromatic carbocycles. The Bertz CT molecular complexity index is 934. The van der Waals surface area contributed by atoms with Crippen LogP contribution in [0.25, 0.3) is 11.3 Å². The average molecular weight is 376 g/mol. The van der Waals surface area contributed by atoms with Crippen molar-refractivity contribution in [3.63, 3.8) is 0 Å². The summed E-state index contributed by atoms with van der Waals surface area (Å²) in [5.41, 5.74) is 3.75. The number of nitrogens with zero attached hydrogens (tertiary/aromatic N) is 3. The normalized spacial score (nSPS) is 12.3. The fourth-order valence-corrected chi connectivity index (χ4v) is 3.31. The molecule has 2 aromatic heterocycles. The van der Waals surface area contributed by atoms with E-state index >= 15 is 0 Å². The van der Waals surface area contributed by atoms with Crippen LogP contribution < -0.4 is 4.57 Å². The molecule has 0 fully saturated rings. The van der Waals surface area contributed by atoms with Crippen molar-refractivity contribution >= 4 is 17.6 Å². The molecule has 136 valence electrons. The van der Waals surface area contributed by atoms with Crippen LogP contribution in [0.1, 0.15) is 35.1 Å². The fourth-order valence-electron chi connectivity index (χ4n) is 3.19. The number of rotatable bonds is 5. The van der Waals surface area contributed by atoms with Crippen molar-refractivity contribution in [3.8, 4) is 11.3 Å². The van der Waals surface area contributed by atoms with Crippen LogP contribution in [0.3, 0.4) is 0 Å².